The number of nitrogen functional groups attached to an aromatic ring is 1. The highest BCUT2D eigenvalue weighted by Crippen LogP contribution is 2.25. The molecule has 2 aromatic heterocycles. The largest absolute Gasteiger partial charge is 0.368 e. The first-order chi connectivity index (χ1) is 7.08. The average Bonchev–Trinajstić information content (AvgIpc) is 2.46. The van der Waals surface area contributed by atoms with Gasteiger partial charge in [-0.2, -0.15) is 4.98 Å². The highest BCUT2D eigenvalue weighted by molar-refractivity contribution is 6.34. The number of anilines is 1. The molecule has 2 aromatic rings. The SMILES string of the molecule is CN(C)Cc1c[nH]c2nc(N)nc(Cl)c12. The summed E-state index contributed by atoms with van der Waals surface area (Å²) in [7, 11) is 3.98. The maximum absolute atomic E-state index is 6.02. The Kier molecular flexibility index (Phi) is 2.50. The van der Waals surface area contributed by atoms with E-state index in [1.165, 1.54) is 0 Å². The molecule has 0 aliphatic heterocycles. The summed E-state index contributed by atoms with van der Waals surface area (Å²) in [5.41, 5.74) is 7.25. The molecule has 80 valence electrons. The van der Waals surface area contributed by atoms with Crippen LogP contribution in [0.25, 0.3) is 11.0 Å². The van der Waals surface area contributed by atoms with E-state index >= 15 is 0 Å². The summed E-state index contributed by atoms with van der Waals surface area (Å²) in [5.74, 6) is 0.186. The van der Waals surface area contributed by atoms with Crippen LogP contribution in [0.2, 0.25) is 5.15 Å². The lowest BCUT2D eigenvalue weighted by Gasteiger charge is -2.08. The van der Waals surface area contributed by atoms with E-state index in [-0.39, 0.29) is 5.95 Å². The van der Waals surface area contributed by atoms with Gasteiger partial charge < -0.3 is 15.6 Å². The van der Waals surface area contributed by atoms with Gasteiger partial charge in [0.05, 0.1) is 5.39 Å². The summed E-state index contributed by atoms with van der Waals surface area (Å²) in [6, 6.07) is 0. The number of hydrogen-bond acceptors (Lipinski definition) is 4. The molecule has 0 amide bonds. The first kappa shape index (κ1) is 10.2. The van der Waals surface area contributed by atoms with Crippen LogP contribution in [0.1, 0.15) is 5.56 Å². The topological polar surface area (TPSA) is 70.8 Å². The predicted octanol–water partition coefficient (Wildman–Crippen LogP) is 1.26. The number of aromatic amines is 1. The maximum Gasteiger partial charge on any atom is 0.223 e. The van der Waals surface area contributed by atoms with Crippen LogP contribution in [-0.2, 0) is 6.54 Å². The lowest BCUT2D eigenvalue weighted by molar-refractivity contribution is 0.404. The summed E-state index contributed by atoms with van der Waals surface area (Å²) >= 11 is 6.02. The van der Waals surface area contributed by atoms with Crippen LogP contribution in [-0.4, -0.2) is 33.9 Å². The minimum Gasteiger partial charge on any atom is -0.368 e. The van der Waals surface area contributed by atoms with E-state index in [1.54, 1.807) is 0 Å². The fourth-order valence-corrected chi connectivity index (χ4v) is 1.83. The molecule has 6 heteroatoms. The Balaban J connectivity index is 2.58. The fraction of sp³-hybridized carbons (Fsp3) is 0.333. The van der Waals surface area contributed by atoms with Crippen molar-refractivity contribution in [2.75, 3.05) is 19.8 Å². The number of rotatable bonds is 2. The molecule has 3 N–H and O–H groups in total. The summed E-state index contributed by atoms with van der Waals surface area (Å²) in [6.07, 6.45) is 1.88. The van der Waals surface area contributed by atoms with Crippen molar-refractivity contribution in [1.29, 1.82) is 0 Å². The molecule has 0 spiro atoms. The Morgan fingerprint density at radius 2 is 2.20 bits per heavy atom. The number of fused-ring (bicyclic) bond motifs is 1. The third-order valence-corrected chi connectivity index (χ3v) is 2.35. The Hall–Kier alpha value is -1.33. The van der Waals surface area contributed by atoms with E-state index in [1.807, 2.05) is 20.3 Å². The summed E-state index contributed by atoms with van der Waals surface area (Å²) in [4.78, 5) is 13.1. The van der Waals surface area contributed by atoms with E-state index in [0.29, 0.717) is 10.8 Å². The fourth-order valence-electron chi connectivity index (χ4n) is 1.53. The number of nitrogens with two attached hydrogens (primary N) is 1. The molecular formula is C9H12ClN5. The molecule has 0 saturated heterocycles. The smallest absolute Gasteiger partial charge is 0.223 e. The molecule has 0 bridgehead atoms. The highest BCUT2D eigenvalue weighted by atomic mass is 35.5. The van der Waals surface area contributed by atoms with Gasteiger partial charge in [0.15, 0.2) is 0 Å². The normalized spacial score (nSPS) is 11.5. The summed E-state index contributed by atoms with van der Waals surface area (Å²) < 4.78 is 0. The number of H-pyrrole nitrogens is 1. The first-order valence-corrected chi connectivity index (χ1v) is 4.89. The van der Waals surface area contributed by atoms with E-state index in [2.05, 4.69) is 19.9 Å². The minimum absolute atomic E-state index is 0.186. The van der Waals surface area contributed by atoms with Gasteiger partial charge in [-0.1, -0.05) is 11.6 Å². The molecule has 0 aromatic carbocycles. The number of nitrogens with one attached hydrogen (secondary N) is 1. The van der Waals surface area contributed by atoms with Crippen molar-refractivity contribution in [2.24, 2.45) is 0 Å². The zero-order valence-corrected chi connectivity index (χ0v) is 9.34. The number of nitrogens with zero attached hydrogens (tertiary/aromatic N) is 3. The van der Waals surface area contributed by atoms with Gasteiger partial charge in [0.25, 0.3) is 0 Å². The van der Waals surface area contributed by atoms with Crippen LogP contribution in [0.15, 0.2) is 6.20 Å². The number of aromatic nitrogens is 3. The van der Waals surface area contributed by atoms with Crippen molar-refractivity contribution in [1.82, 2.24) is 19.9 Å². The van der Waals surface area contributed by atoms with Crippen LogP contribution in [0.3, 0.4) is 0 Å². The van der Waals surface area contributed by atoms with Crippen molar-refractivity contribution in [3.05, 3.63) is 16.9 Å². The second kappa shape index (κ2) is 3.67. The van der Waals surface area contributed by atoms with Crippen molar-refractivity contribution in [3.63, 3.8) is 0 Å². The molecule has 0 saturated carbocycles. The van der Waals surface area contributed by atoms with Crippen LogP contribution in [0.5, 0.6) is 0 Å². The lowest BCUT2D eigenvalue weighted by atomic mass is 10.2. The number of halogens is 1. The van der Waals surface area contributed by atoms with Crippen molar-refractivity contribution >= 4 is 28.6 Å². The monoisotopic (exact) mass is 225 g/mol. The molecule has 2 rings (SSSR count). The van der Waals surface area contributed by atoms with Crippen molar-refractivity contribution in [2.45, 2.75) is 6.54 Å². The molecule has 2 heterocycles. The zero-order valence-electron chi connectivity index (χ0n) is 8.58. The second-order valence-corrected chi connectivity index (χ2v) is 4.01. The molecule has 0 radical (unpaired) electrons. The van der Waals surface area contributed by atoms with E-state index in [0.717, 1.165) is 17.5 Å². The van der Waals surface area contributed by atoms with Gasteiger partial charge in [-0.15, -0.1) is 0 Å². The van der Waals surface area contributed by atoms with Gasteiger partial charge in [-0.3, -0.25) is 0 Å². The van der Waals surface area contributed by atoms with Gasteiger partial charge >= 0.3 is 0 Å². The van der Waals surface area contributed by atoms with Gasteiger partial charge in [-0.05, 0) is 19.7 Å². The highest BCUT2D eigenvalue weighted by Gasteiger charge is 2.11. The standard InChI is InChI=1S/C9H12ClN5/c1-15(2)4-5-3-12-8-6(5)7(10)13-9(11)14-8/h3H,4H2,1-2H3,(H3,11,12,13,14). The van der Waals surface area contributed by atoms with Crippen LogP contribution < -0.4 is 5.73 Å². The maximum atomic E-state index is 6.02. The average molecular weight is 226 g/mol. The third-order valence-electron chi connectivity index (χ3n) is 2.07. The van der Waals surface area contributed by atoms with Crippen LogP contribution >= 0.6 is 11.6 Å². The summed E-state index contributed by atoms with van der Waals surface area (Å²) in [5, 5.41) is 1.25. The lowest BCUT2D eigenvalue weighted by Crippen LogP contribution is -2.10. The molecule has 15 heavy (non-hydrogen) atoms. The van der Waals surface area contributed by atoms with Crippen molar-refractivity contribution in [3.8, 4) is 0 Å². The molecule has 0 aliphatic rings. The van der Waals surface area contributed by atoms with Gasteiger partial charge in [0.2, 0.25) is 5.95 Å². The molecule has 0 atom stereocenters. The Morgan fingerprint density at radius 1 is 1.47 bits per heavy atom. The number of hydrogen-bond donors (Lipinski definition) is 2. The quantitative estimate of drug-likeness (QED) is 0.755. The Labute approximate surface area is 92.3 Å². The molecule has 0 aliphatic carbocycles. The minimum atomic E-state index is 0.186. The molecule has 5 nitrogen and oxygen atoms in total. The van der Waals surface area contributed by atoms with Gasteiger partial charge in [0.1, 0.15) is 10.8 Å². The third kappa shape index (κ3) is 1.88. The van der Waals surface area contributed by atoms with E-state index in [9.17, 15) is 0 Å². The van der Waals surface area contributed by atoms with Gasteiger partial charge in [-0.25, -0.2) is 4.98 Å². The van der Waals surface area contributed by atoms with Crippen LogP contribution in [0.4, 0.5) is 5.95 Å². The van der Waals surface area contributed by atoms with E-state index in [4.69, 9.17) is 17.3 Å². The second-order valence-electron chi connectivity index (χ2n) is 3.65. The first-order valence-electron chi connectivity index (χ1n) is 4.51. The molecule has 0 fully saturated rings. The zero-order chi connectivity index (χ0) is 11.0. The van der Waals surface area contributed by atoms with Gasteiger partial charge in [0, 0.05) is 12.7 Å². The Morgan fingerprint density at radius 3 is 2.87 bits per heavy atom. The molecular weight excluding hydrogens is 214 g/mol. The van der Waals surface area contributed by atoms with Crippen LogP contribution in [0, 0.1) is 0 Å². The molecule has 0 unspecified atom stereocenters. The van der Waals surface area contributed by atoms with Crippen molar-refractivity contribution < 1.29 is 0 Å². The Bertz CT molecular complexity index is 490. The summed E-state index contributed by atoms with van der Waals surface area (Å²) in [6.45, 7) is 0.785. The predicted molar refractivity (Wildman–Crippen MR) is 60.7 cm³/mol. The van der Waals surface area contributed by atoms with E-state index < -0.39 is 0 Å².